The van der Waals surface area contributed by atoms with Crippen molar-refractivity contribution in [3.05, 3.63) is 0 Å². The molecule has 66 valence electrons. The van der Waals surface area contributed by atoms with E-state index in [-0.39, 0.29) is 45.9 Å². The third-order valence-electron chi connectivity index (χ3n) is 1.33. The molecule has 1 aliphatic heterocycles. The Bertz CT molecular complexity index is 59.6. The molecule has 1 fully saturated rings. The van der Waals surface area contributed by atoms with Gasteiger partial charge in [0.05, 0.1) is 0 Å². The number of hydrogen-bond acceptors (Lipinski definition) is 2. The molecule has 5 heteroatoms. The van der Waals surface area contributed by atoms with Crippen molar-refractivity contribution in [2.75, 3.05) is 13.1 Å². The van der Waals surface area contributed by atoms with Gasteiger partial charge in [0.2, 0.25) is 0 Å². The van der Waals surface area contributed by atoms with Gasteiger partial charge in [-0.1, -0.05) is 0 Å². The number of piperidine rings is 1. The van der Waals surface area contributed by atoms with Gasteiger partial charge in [0.25, 0.3) is 0 Å². The van der Waals surface area contributed by atoms with Gasteiger partial charge < -0.3 is 35.9 Å². The predicted octanol–water partition coefficient (Wildman–Crippen LogP) is -6.30. The van der Waals surface area contributed by atoms with Crippen LogP contribution < -0.4 is 35.9 Å². The molecule has 0 radical (unpaired) electrons. The van der Waals surface area contributed by atoms with Crippen molar-refractivity contribution in [1.82, 2.24) is 5.32 Å². The molecule has 0 aliphatic carbocycles. The third kappa shape index (κ3) is 7.30. The quantitative estimate of drug-likeness (QED) is 0.448. The molecule has 0 amide bonds. The van der Waals surface area contributed by atoms with Gasteiger partial charge in [0, 0.05) is 12.6 Å². The molecule has 0 aromatic carbocycles. The molecule has 1 unspecified atom stereocenters. The summed E-state index contributed by atoms with van der Waals surface area (Å²) < 4.78 is 0. The molecular weight excluding hydrogens is 354 g/mol. The van der Waals surface area contributed by atoms with Crippen LogP contribution in [0.1, 0.15) is 12.8 Å². The monoisotopic (exact) mass is 365 g/mol. The third-order valence-corrected chi connectivity index (χ3v) is 1.33. The van der Waals surface area contributed by atoms with Crippen molar-refractivity contribution in [1.29, 1.82) is 0 Å². The minimum Gasteiger partial charge on any atom is -1.00 e. The second-order valence-corrected chi connectivity index (χ2v) is 2.11. The van der Waals surface area contributed by atoms with Gasteiger partial charge in [0.1, 0.15) is 0 Å². The number of nitrogens with two attached hydrogens (primary N) is 1. The van der Waals surface area contributed by atoms with Crippen molar-refractivity contribution < 1.29 is 45.9 Å². The molecule has 2 nitrogen and oxygen atoms in total. The molecule has 10 heavy (non-hydrogen) atoms. The Morgan fingerprint density at radius 2 is 1.90 bits per heavy atom. The number of hydrogen-bond donors (Lipinski definition) is 2. The van der Waals surface area contributed by atoms with E-state index in [1.54, 1.807) is 0 Å². The fourth-order valence-electron chi connectivity index (χ4n) is 0.879. The summed E-state index contributed by atoms with van der Waals surface area (Å²) in [5.41, 5.74) is 5.57. The van der Waals surface area contributed by atoms with Crippen molar-refractivity contribution >= 4 is 0 Å². The first kappa shape index (κ1) is 17.3. The summed E-state index contributed by atoms with van der Waals surface area (Å²) in [6.07, 6.45) is 2.45. The maximum Gasteiger partial charge on any atom is 2.00 e. The van der Waals surface area contributed by atoms with Crippen LogP contribution in [-0.4, -0.2) is 19.1 Å². The molecule has 1 heterocycles. The van der Waals surface area contributed by atoms with Gasteiger partial charge in [-0.3, -0.25) is 0 Å². The second kappa shape index (κ2) is 10.2. The van der Waals surface area contributed by atoms with Gasteiger partial charge in [0.15, 0.2) is 0 Å². The first-order valence-corrected chi connectivity index (χ1v) is 2.86. The smallest absolute Gasteiger partial charge is 1.00 e. The van der Waals surface area contributed by atoms with Gasteiger partial charge >= 0.3 is 21.1 Å². The first-order chi connectivity index (χ1) is 3.39. The van der Waals surface area contributed by atoms with Crippen LogP contribution in [0.4, 0.5) is 0 Å². The molecule has 1 aliphatic rings. The predicted molar refractivity (Wildman–Crippen MR) is 30.1 cm³/mol. The molecule has 3 N–H and O–H groups in total. The van der Waals surface area contributed by atoms with Gasteiger partial charge in [-0.2, -0.15) is 0 Å². The number of rotatable bonds is 0. The van der Waals surface area contributed by atoms with Crippen LogP contribution >= 0.6 is 0 Å². The summed E-state index contributed by atoms with van der Waals surface area (Å²) >= 11 is 0. The summed E-state index contributed by atoms with van der Waals surface area (Å²) in [5.74, 6) is 0. The zero-order valence-corrected chi connectivity index (χ0v) is 9.34. The summed E-state index contributed by atoms with van der Waals surface area (Å²) in [5, 5.41) is 3.21. The minimum atomic E-state index is 0. The summed E-state index contributed by atoms with van der Waals surface area (Å²) in [6.45, 7) is 2.17. The Kier molecular flexibility index (Phi) is 17.6. The van der Waals surface area contributed by atoms with E-state index in [4.69, 9.17) is 5.73 Å². The van der Waals surface area contributed by atoms with Crippen molar-refractivity contribution in [3.63, 3.8) is 0 Å². The van der Waals surface area contributed by atoms with E-state index in [9.17, 15) is 0 Å². The molecule has 0 bridgehead atoms. The minimum absolute atomic E-state index is 0. The molecule has 0 spiro atoms. The van der Waals surface area contributed by atoms with E-state index in [2.05, 4.69) is 5.32 Å². The van der Waals surface area contributed by atoms with Crippen molar-refractivity contribution in [2.24, 2.45) is 5.73 Å². The average molecular weight is 366 g/mol. The van der Waals surface area contributed by atoms with Crippen LogP contribution in [-0.2, 0) is 21.1 Å². The Labute approximate surface area is 88.8 Å². The fraction of sp³-hybridized carbons (Fsp3) is 1.00. The number of nitrogens with one attached hydrogen (secondary N) is 1. The van der Waals surface area contributed by atoms with Crippen molar-refractivity contribution in [2.45, 2.75) is 18.9 Å². The fourth-order valence-corrected chi connectivity index (χ4v) is 0.879. The van der Waals surface area contributed by atoms with Crippen LogP contribution in [0.2, 0.25) is 0 Å². The number of halogens is 2. The summed E-state index contributed by atoms with van der Waals surface area (Å²) in [6, 6.07) is 0.425. The standard InChI is InChI=1S/C5H12N2.2ClH.Pt/c6-5-2-1-3-7-4-5;;;/h5,7H,1-4,6H2;2*1H;/q;;;+2/p-2. The van der Waals surface area contributed by atoms with E-state index in [1.807, 2.05) is 0 Å². The zero-order chi connectivity index (χ0) is 5.11. The molecule has 0 aromatic rings. The van der Waals surface area contributed by atoms with Crippen LogP contribution in [0.3, 0.4) is 0 Å². The van der Waals surface area contributed by atoms with E-state index < -0.39 is 0 Å². The van der Waals surface area contributed by atoms with E-state index >= 15 is 0 Å². The van der Waals surface area contributed by atoms with Crippen LogP contribution in [0.5, 0.6) is 0 Å². The molecule has 1 rings (SSSR count). The topological polar surface area (TPSA) is 38.0 Å². The van der Waals surface area contributed by atoms with Crippen LogP contribution in [0.25, 0.3) is 0 Å². The summed E-state index contributed by atoms with van der Waals surface area (Å²) in [4.78, 5) is 0. The maximum absolute atomic E-state index is 5.57. The van der Waals surface area contributed by atoms with E-state index in [0.29, 0.717) is 6.04 Å². The Hall–Kier alpha value is 1.19. The van der Waals surface area contributed by atoms with Crippen molar-refractivity contribution in [3.8, 4) is 0 Å². The van der Waals surface area contributed by atoms with Crippen LogP contribution in [0, 0.1) is 0 Å². The average Bonchev–Trinajstić information content (AvgIpc) is 1.69. The Balaban J connectivity index is -0.000000163. The van der Waals surface area contributed by atoms with Crippen LogP contribution in [0.15, 0.2) is 0 Å². The molecule has 0 aromatic heterocycles. The molecule has 1 saturated heterocycles. The van der Waals surface area contributed by atoms with Gasteiger partial charge in [-0.25, -0.2) is 0 Å². The van der Waals surface area contributed by atoms with Gasteiger partial charge in [-0.05, 0) is 19.4 Å². The molecular formula is C5H12Cl2N2Pt. The van der Waals surface area contributed by atoms with E-state index in [0.717, 1.165) is 13.1 Å². The first-order valence-electron chi connectivity index (χ1n) is 2.86. The largest absolute Gasteiger partial charge is 2.00 e. The second-order valence-electron chi connectivity index (χ2n) is 2.11. The Morgan fingerprint density at radius 3 is 2.10 bits per heavy atom. The van der Waals surface area contributed by atoms with Gasteiger partial charge in [-0.15, -0.1) is 0 Å². The zero-order valence-electron chi connectivity index (χ0n) is 5.56. The maximum atomic E-state index is 5.57. The molecule has 0 saturated carbocycles. The van der Waals surface area contributed by atoms with E-state index in [1.165, 1.54) is 12.8 Å². The summed E-state index contributed by atoms with van der Waals surface area (Å²) in [7, 11) is 0. The Morgan fingerprint density at radius 1 is 1.30 bits per heavy atom. The molecule has 1 atom stereocenters. The normalized spacial score (nSPS) is 23.1. The SMILES string of the molecule is NC1CCCNC1.[Cl-].[Cl-].[Pt+2].